The van der Waals surface area contributed by atoms with Gasteiger partial charge in [-0.2, -0.15) is 0 Å². The highest BCUT2D eigenvalue weighted by atomic mass is 16.3. The van der Waals surface area contributed by atoms with E-state index in [0.29, 0.717) is 0 Å². The predicted octanol–water partition coefficient (Wildman–Crippen LogP) is 1.15. The van der Waals surface area contributed by atoms with E-state index in [1.165, 1.54) is 0 Å². The van der Waals surface area contributed by atoms with Gasteiger partial charge in [0.2, 0.25) is 0 Å². The molecular weight excluding hydrogens is 138 g/mol. The van der Waals surface area contributed by atoms with Gasteiger partial charge in [-0.1, -0.05) is 20.8 Å². The van der Waals surface area contributed by atoms with E-state index < -0.39 is 5.60 Å². The van der Waals surface area contributed by atoms with Crippen LogP contribution in [0.25, 0.3) is 0 Å². The van der Waals surface area contributed by atoms with E-state index >= 15 is 0 Å². The van der Waals surface area contributed by atoms with E-state index in [-0.39, 0.29) is 5.41 Å². The molecule has 2 nitrogen and oxygen atoms in total. The number of hydrogen-bond donors (Lipinski definition) is 2. The van der Waals surface area contributed by atoms with E-state index in [1.54, 1.807) is 0 Å². The first-order chi connectivity index (χ1) is 5.02. The average molecular weight is 157 g/mol. The molecule has 1 atom stereocenters. The Labute approximate surface area is 69.0 Å². The van der Waals surface area contributed by atoms with Crippen molar-refractivity contribution in [3.8, 4) is 0 Å². The van der Waals surface area contributed by atoms with Crippen LogP contribution in [0.1, 0.15) is 33.6 Å². The van der Waals surface area contributed by atoms with Gasteiger partial charge in [0.05, 0.1) is 5.60 Å². The van der Waals surface area contributed by atoms with Crippen LogP contribution in [0.3, 0.4) is 0 Å². The molecule has 0 aromatic rings. The summed E-state index contributed by atoms with van der Waals surface area (Å²) in [5.41, 5.74) is -0.321. The molecule has 0 aromatic carbocycles. The Morgan fingerprint density at radius 3 is 2.27 bits per heavy atom. The van der Waals surface area contributed by atoms with Crippen molar-refractivity contribution in [3.05, 3.63) is 0 Å². The van der Waals surface area contributed by atoms with Gasteiger partial charge in [0, 0.05) is 6.54 Å². The van der Waals surface area contributed by atoms with Gasteiger partial charge in [-0.25, -0.2) is 0 Å². The zero-order valence-corrected chi connectivity index (χ0v) is 7.78. The van der Waals surface area contributed by atoms with E-state index in [9.17, 15) is 5.11 Å². The second kappa shape index (κ2) is 2.76. The Hall–Kier alpha value is -0.0800. The van der Waals surface area contributed by atoms with Crippen LogP contribution < -0.4 is 5.32 Å². The Morgan fingerprint density at radius 2 is 2.00 bits per heavy atom. The van der Waals surface area contributed by atoms with Crippen LogP contribution in [0.15, 0.2) is 0 Å². The second-order valence-corrected chi connectivity index (χ2v) is 4.20. The molecule has 1 fully saturated rings. The minimum atomic E-state index is -0.441. The molecule has 0 bridgehead atoms. The van der Waals surface area contributed by atoms with Crippen LogP contribution in [-0.4, -0.2) is 23.8 Å². The van der Waals surface area contributed by atoms with Gasteiger partial charge in [-0.3, -0.25) is 0 Å². The third-order valence-electron chi connectivity index (χ3n) is 3.09. The number of nitrogens with one attached hydrogen (secondary N) is 1. The highest BCUT2D eigenvalue weighted by Gasteiger charge is 2.51. The lowest BCUT2D eigenvalue weighted by atomic mass is 9.59. The van der Waals surface area contributed by atoms with Crippen molar-refractivity contribution in [2.45, 2.75) is 39.2 Å². The van der Waals surface area contributed by atoms with Gasteiger partial charge in [-0.05, 0) is 24.8 Å². The highest BCUT2D eigenvalue weighted by molar-refractivity contribution is 5.03. The minimum Gasteiger partial charge on any atom is -0.388 e. The number of likely N-dealkylation sites (N-methyl/N-ethyl adjacent to an activating group) is 1. The first-order valence-electron chi connectivity index (χ1n) is 4.45. The van der Waals surface area contributed by atoms with Crippen molar-refractivity contribution in [1.29, 1.82) is 0 Å². The van der Waals surface area contributed by atoms with E-state index in [2.05, 4.69) is 26.1 Å². The molecule has 2 heteroatoms. The molecule has 1 unspecified atom stereocenters. The lowest BCUT2D eigenvalue weighted by Gasteiger charge is -2.52. The summed E-state index contributed by atoms with van der Waals surface area (Å²) in [4.78, 5) is 0. The maximum Gasteiger partial charge on any atom is 0.0822 e. The van der Waals surface area contributed by atoms with Crippen LogP contribution in [-0.2, 0) is 0 Å². The molecule has 0 aromatic heterocycles. The van der Waals surface area contributed by atoms with Crippen molar-refractivity contribution in [3.63, 3.8) is 0 Å². The Kier molecular flexibility index (Phi) is 2.26. The molecule has 1 saturated carbocycles. The fraction of sp³-hybridized carbons (Fsp3) is 1.00. The van der Waals surface area contributed by atoms with Crippen LogP contribution in [0.4, 0.5) is 0 Å². The van der Waals surface area contributed by atoms with Crippen molar-refractivity contribution in [1.82, 2.24) is 5.32 Å². The molecule has 66 valence electrons. The first-order valence-corrected chi connectivity index (χ1v) is 4.45. The van der Waals surface area contributed by atoms with Gasteiger partial charge in [0.15, 0.2) is 0 Å². The van der Waals surface area contributed by atoms with E-state index in [1.807, 2.05) is 0 Å². The fourth-order valence-corrected chi connectivity index (χ4v) is 1.57. The highest BCUT2D eigenvalue weighted by Crippen LogP contribution is 2.48. The summed E-state index contributed by atoms with van der Waals surface area (Å²) in [6, 6.07) is 0. The lowest BCUT2D eigenvalue weighted by Crippen LogP contribution is -2.59. The Bertz CT molecular complexity index is 144. The summed E-state index contributed by atoms with van der Waals surface area (Å²) in [5.74, 6) is 0. The van der Waals surface area contributed by atoms with Crippen LogP contribution in [0, 0.1) is 5.41 Å². The normalized spacial score (nSPS) is 34.9. The molecule has 2 N–H and O–H groups in total. The quantitative estimate of drug-likeness (QED) is 0.644. The van der Waals surface area contributed by atoms with Crippen LogP contribution >= 0.6 is 0 Å². The van der Waals surface area contributed by atoms with Crippen molar-refractivity contribution in [2.24, 2.45) is 5.41 Å². The minimum absolute atomic E-state index is 0.120. The largest absolute Gasteiger partial charge is 0.388 e. The summed E-state index contributed by atoms with van der Waals surface area (Å²) in [6.07, 6.45) is 2.10. The molecular formula is C9H19NO. The maximum atomic E-state index is 10.0. The monoisotopic (exact) mass is 157 g/mol. The Morgan fingerprint density at radius 1 is 1.36 bits per heavy atom. The predicted molar refractivity (Wildman–Crippen MR) is 46.5 cm³/mol. The average Bonchev–Trinajstić information content (AvgIpc) is 1.98. The molecule has 0 heterocycles. The van der Waals surface area contributed by atoms with Gasteiger partial charge < -0.3 is 10.4 Å². The van der Waals surface area contributed by atoms with Crippen molar-refractivity contribution < 1.29 is 5.11 Å². The molecule has 0 radical (unpaired) electrons. The summed E-state index contributed by atoms with van der Waals surface area (Å²) >= 11 is 0. The zero-order valence-electron chi connectivity index (χ0n) is 7.78. The number of aliphatic hydroxyl groups is 1. The first kappa shape index (κ1) is 9.01. The maximum absolute atomic E-state index is 10.0. The van der Waals surface area contributed by atoms with Gasteiger partial charge >= 0.3 is 0 Å². The lowest BCUT2D eigenvalue weighted by molar-refractivity contribution is -0.144. The molecule has 1 aliphatic rings. The number of rotatable bonds is 3. The number of hydrogen-bond acceptors (Lipinski definition) is 2. The molecule has 0 amide bonds. The zero-order chi connectivity index (χ0) is 8.54. The Balaban J connectivity index is 2.41. The summed E-state index contributed by atoms with van der Waals surface area (Å²) in [6.45, 7) is 8.02. The van der Waals surface area contributed by atoms with Crippen molar-refractivity contribution >= 4 is 0 Å². The third kappa shape index (κ3) is 1.42. The summed E-state index contributed by atoms with van der Waals surface area (Å²) < 4.78 is 0. The van der Waals surface area contributed by atoms with Gasteiger partial charge in [0.25, 0.3) is 0 Å². The van der Waals surface area contributed by atoms with Gasteiger partial charge in [-0.15, -0.1) is 0 Å². The topological polar surface area (TPSA) is 32.3 Å². The van der Waals surface area contributed by atoms with Crippen LogP contribution in [0.5, 0.6) is 0 Å². The summed E-state index contributed by atoms with van der Waals surface area (Å²) in [7, 11) is 0. The van der Waals surface area contributed by atoms with Crippen molar-refractivity contribution in [2.75, 3.05) is 13.1 Å². The standard InChI is InChI=1S/C9H19NO/c1-4-10-7-9(11)6-5-8(9,2)3/h10-11H,4-7H2,1-3H3. The molecule has 1 rings (SSSR count). The smallest absolute Gasteiger partial charge is 0.0822 e. The third-order valence-corrected chi connectivity index (χ3v) is 3.09. The molecule has 0 aliphatic heterocycles. The second-order valence-electron chi connectivity index (χ2n) is 4.20. The molecule has 11 heavy (non-hydrogen) atoms. The molecule has 1 aliphatic carbocycles. The molecule has 0 spiro atoms. The van der Waals surface area contributed by atoms with E-state index in [0.717, 1.165) is 25.9 Å². The fourth-order valence-electron chi connectivity index (χ4n) is 1.57. The van der Waals surface area contributed by atoms with Gasteiger partial charge in [0.1, 0.15) is 0 Å². The SMILES string of the molecule is CCNCC1(O)CCC1(C)C. The molecule has 0 saturated heterocycles. The van der Waals surface area contributed by atoms with E-state index in [4.69, 9.17) is 0 Å². The summed E-state index contributed by atoms with van der Waals surface area (Å²) in [5, 5.41) is 13.2. The van der Waals surface area contributed by atoms with Crippen LogP contribution in [0.2, 0.25) is 0 Å².